The van der Waals surface area contributed by atoms with E-state index in [1.807, 2.05) is 13.0 Å². The lowest BCUT2D eigenvalue weighted by atomic mass is 10.0. The molecule has 1 rings (SSSR count). The number of thioether (sulfide) groups is 1. The number of rotatable bonds is 5. The van der Waals surface area contributed by atoms with E-state index in [1.165, 1.54) is 0 Å². The fraction of sp³-hybridized carbons (Fsp3) is 0.500. The van der Waals surface area contributed by atoms with Crippen LogP contribution in [0.3, 0.4) is 0 Å². The molecule has 1 aromatic rings. The molecule has 0 saturated heterocycles. The fourth-order valence-electron chi connectivity index (χ4n) is 1.02. The van der Waals surface area contributed by atoms with E-state index in [1.54, 1.807) is 24.9 Å². The van der Waals surface area contributed by atoms with Gasteiger partial charge in [0.25, 0.3) is 0 Å². The van der Waals surface area contributed by atoms with E-state index in [0.717, 1.165) is 16.4 Å². The quantitative estimate of drug-likeness (QED) is 0.743. The second kappa shape index (κ2) is 4.72. The Balaban J connectivity index is 2.40. The van der Waals surface area contributed by atoms with Crippen molar-refractivity contribution in [3.05, 3.63) is 18.1 Å². The fourth-order valence-corrected chi connectivity index (χ4v) is 2.17. The third kappa shape index (κ3) is 3.28. The molecule has 0 bridgehead atoms. The minimum atomic E-state index is -0.926. The third-order valence-electron chi connectivity index (χ3n) is 2.25. The average Bonchev–Trinajstić information content (AvgIpc) is 2.51. The largest absolute Gasteiger partial charge is 0.468 e. The lowest BCUT2D eigenvalue weighted by Gasteiger charge is -2.19. The maximum absolute atomic E-state index is 10.9. The van der Waals surface area contributed by atoms with Crippen molar-refractivity contribution in [3.63, 3.8) is 0 Å². The van der Waals surface area contributed by atoms with Crippen LogP contribution in [0.15, 0.2) is 21.6 Å². The van der Waals surface area contributed by atoms with Crippen LogP contribution in [-0.2, 0) is 4.79 Å². The van der Waals surface area contributed by atoms with Crippen LogP contribution in [-0.4, -0.2) is 17.2 Å². The molecule has 1 aromatic heterocycles. The number of aryl methyl sites for hydroxylation is 1. The first-order valence-electron chi connectivity index (χ1n) is 4.69. The smallest absolute Gasteiger partial charge is 0.237 e. The molecular weight excluding hydrogens is 212 g/mol. The number of nitrogens with two attached hydrogens (primary N) is 2. The zero-order chi connectivity index (χ0) is 11.5. The summed E-state index contributed by atoms with van der Waals surface area (Å²) in [4.78, 5) is 12.0. The lowest BCUT2D eigenvalue weighted by molar-refractivity contribution is -0.122. The van der Waals surface area contributed by atoms with Crippen molar-refractivity contribution in [1.82, 2.24) is 0 Å². The molecule has 84 valence electrons. The van der Waals surface area contributed by atoms with E-state index in [0.29, 0.717) is 6.42 Å². The Morgan fingerprint density at radius 1 is 1.67 bits per heavy atom. The lowest BCUT2D eigenvalue weighted by Crippen LogP contribution is -2.49. The molecule has 1 amide bonds. The van der Waals surface area contributed by atoms with Crippen molar-refractivity contribution in [3.8, 4) is 0 Å². The zero-order valence-corrected chi connectivity index (χ0v) is 9.76. The summed E-state index contributed by atoms with van der Waals surface area (Å²) in [6, 6.07) is 1.90. The molecule has 0 aliphatic rings. The Morgan fingerprint density at radius 2 is 2.33 bits per heavy atom. The van der Waals surface area contributed by atoms with Crippen LogP contribution in [0.1, 0.15) is 19.1 Å². The number of amides is 1. The van der Waals surface area contributed by atoms with Crippen LogP contribution in [0, 0.1) is 6.92 Å². The summed E-state index contributed by atoms with van der Waals surface area (Å²) in [7, 11) is 0. The van der Waals surface area contributed by atoms with Gasteiger partial charge in [0.2, 0.25) is 5.91 Å². The molecule has 0 aliphatic heterocycles. The third-order valence-corrected chi connectivity index (χ3v) is 3.40. The van der Waals surface area contributed by atoms with Gasteiger partial charge in [-0.1, -0.05) is 0 Å². The summed E-state index contributed by atoms with van der Waals surface area (Å²) in [6.45, 7) is 3.55. The molecule has 1 unspecified atom stereocenters. The molecule has 0 saturated carbocycles. The summed E-state index contributed by atoms with van der Waals surface area (Å²) >= 11 is 1.62. The summed E-state index contributed by atoms with van der Waals surface area (Å²) in [5, 5.41) is 0. The van der Waals surface area contributed by atoms with Gasteiger partial charge >= 0.3 is 0 Å². The number of carbonyl (C=O) groups is 1. The van der Waals surface area contributed by atoms with Crippen molar-refractivity contribution in [2.75, 3.05) is 5.75 Å². The molecule has 0 aliphatic carbocycles. The van der Waals surface area contributed by atoms with E-state index < -0.39 is 11.4 Å². The van der Waals surface area contributed by atoms with Gasteiger partial charge in [0.15, 0.2) is 0 Å². The Labute approximate surface area is 93.4 Å². The maximum Gasteiger partial charge on any atom is 0.237 e. The zero-order valence-electron chi connectivity index (χ0n) is 8.95. The molecule has 0 fully saturated rings. The minimum Gasteiger partial charge on any atom is -0.468 e. The van der Waals surface area contributed by atoms with Crippen LogP contribution in [0.2, 0.25) is 0 Å². The van der Waals surface area contributed by atoms with Gasteiger partial charge in [0, 0.05) is 10.6 Å². The first-order chi connectivity index (χ1) is 6.93. The highest BCUT2D eigenvalue weighted by molar-refractivity contribution is 7.99. The second-order valence-corrected chi connectivity index (χ2v) is 4.86. The van der Waals surface area contributed by atoms with Crippen molar-refractivity contribution in [2.24, 2.45) is 11.5 Å². The van der Waals surface area contributed by atoms with Crippen molar-refractivity contribution in [2.45, 2.75) is 30.7 Å². The van der Waals surface area contributed by atoms with E-state index in [4.69, 9.17) is 15.9 Å². The number of hydrogen-bond acceptors (Lipinski definition) is 4. The molecule has 0 spiro atoms. The standard InChI is InChI=1S/C10H16N2O2S/c1-7-8(3-5-14-7)15-6-4-10(2,12)9(11)13/h3,5H,4,6,12H2,1-2H3,(H2,11,13). The van der Waals surface area contributed by atoms with E-state index in [9.17, 15) is 4.79 Å². The van der Waals surface area contributed by atoms with Crippen molar-refractivity contribution < 1.29 is 9.21 Å². The molecule has 1 heterocycles. The summed E-state index contributed by atoms with van der Waals surface area (Å²) in [5.41, 5.74) is 9.97. The van der Waals surface area contributed by atoms with Gasteiger partial charge in [0.05, 0.1) is 11.8 Å². The van der Waals surface area contributed by atoms with Gasteiger partial charge in [-0.3, -0.25) is 4.79 Å². The van der Waals surface area contributed by atoms with Crippen molar-refractivity contribution in [1.29, 1.82) is 0 Å². The normalized spacial score (nSPS) is 14.9. The average molecular weight is 228 g/mol. The van der Waals surface area contributed by atoms with Gasteiger partial charge in [-0.15, -0.1) is 11.8 Å². The Kier molecular flexibility index (Phi) is 3.82. The van der Waals surface area contributed by atoms with Gasteiger partial charge in [-0.2, -0.15) is 0 Å². The number of hydrogen-bond donors (Lipinski definition) is 2. The minimum absolute atomic E-state index is 0.466. The van der Waals surface area contributed by atoms with E-state index in [2.05, 4.69) is 0 Å². The van der Waals surface area contributed by atoms with Gasteiger partial charge < -0.3 is 15.9 Å². The van der Waals surface area contributed by atoms with Gasteiger partial charge in [-0.05, 0) is 26.3 Å². The van der Waals surface area contributed by atoms with Gasteiger partial charge in [-0.25, -0.2) is 0 Å². The maximum atomic E-state index is 10.9. The monoisotopic (exact) mass is 228 g/mol. The predicted molar refractivity (Wildman–Crippen MR) is 60.6 cm³/mol. The van der Waals surface area contributed by atoms with Crippen molar-refractivity contribution >= 4 is 17.7 Å². The molecule has 15 heavy (non-hydrogen) atoms. The molecule has 4 nitrogen and oxygen atoms in total. The second-order valence-electron chi connectivity index (χ2n) is 3.72. The molecule has 0 radical (unpaired) electrons. The Morgan fingerprint density at radius 3 is 2.80 bits per heavy atom. The first kappa shape index (κ1) is 12.1. The van der Waals surface area contributed by atoms with Gasteiger partial charge in [0.1, 0.15) is 5.76 Å². The highest BCUT2D eigenvalue weighted by Crippen LogP contribution is 2.25. The summed E-state index contributed by atoms with van der Waals surface area (Å²) in [6.07, 6.45) is 2.20. The number of primary amides is 1. The topological polar surface area (TPSA) is 82.2 Å². The number of furan rings is 1. The summed E-state index contributed by atoms with van der Waals surface area (Å²) < 4.78 is 5.15. The SMILES string of the molecule is Cc1occc1SCCC(C)(N)C(N)=O. The molecule has 5 heteroatoms. The van der Waals surface area contributed by atoms with E-state index in [-0.39, 0.29) is 0 Å². The molecule has 4 N–H and O–H groups in total. The number of carbonyl (C=O) groups excluding carboxylic acids is 1. The molecular formula is C10H16N2O2S. The molecule has 0 aromatic carbocycles. The van der Waals surface area contributed by atoms with Crippen LogP contribution in [0.25, 0.3) is 0 Å². The molecule has 1 atom stereocenters. The highest BCUT2D eigenvalue weighted by atomic mass is 32.2. The first-order valence-corrected chi connectivity index (χ1v) is 5.68. The predicted octanol–water partition coefficient (Wildman–Crippen LogP) is 1.27. The van der Waals surface area contributed by atoms with Crippen LogP contribution < -0.4 is 11.5 Å². The Bertz CT molecular complexity index is 347. The van der Waals surface area contributed by atoms with Crippen LogP contribution >= 0.6 is 11.8 Å². The highest BCUT2D eigenvalue weighted by Gasteiger charge is 2.24. The van der Waals surface area contributed by atoms with E-state index >= 15 is 0 Å². The van der Waals surface area contributed by atoms with Crippen LogP contribution in [0.4, 0.5) is 0 Å². The Hall–Kier alpha value is -0.940. The van der Waals surface area contributed by atoms with Crippen LogP contribution in [0.5, 0.6) is 0 Å². The summed E-state index contributed by atoms with van der Waals surface area (Å²) in [5.74, 6) is 1.17.